The van der Waals surface area contributed by atoms with Gasteiger partial charge in [-0.15, -0.1) is 0 Å². The lowest BCUT2D eigenvalue weighted by Gasteiger charge is -2.15. The van der Waals surface area contributed by atoms with Gasteiger partial charge in [0.05, 0.1) is 0 Å². The number of rotatable bonds is 5. The third-order valence-electron chi connectivity index (χ3n) is 3.29. The van der Waals surface area contributed by atoms with Crippen LogP contribution < -0.4 is 16.0 Å². The van der Waals surface area contributed by atoms with E-state index < -0.39 is 11.7 Å². The number of hydrogen-bond acceptors (Lipinski definition) is 5. The van der Waals surface area contributed by atoms with Gasteiger partial charge in [0.15, 0.2) is 0 Å². The molecule has 8 heteroatoms. The van der Waals surface area contributed by atoms with Gasteiger partial charge in [0, 0.05) is 31.2 Å². The van der Waals surface area contributed by atoms with Gasteiger partial charge in [-0.3, -0.25) is 0 Å². The normalized spacial score (nSPS) is 11.2. The zero-order valence-electron chi connectivity index (χ0n) is 13.0. The second-order valence-electron chi connectivity index (χ2n) is 4.84. The lowest BCUT2D eigenvalue weighted by molar-refractivity contribution is -0.137. The van der Waals surface area contributed by atoms with Crippen molar-refractivity contribution in [1.82, 2.24) is 9.97 Å². The van der Waals surface area contributed by atoms with Crippen LogP contribution in [0, 0.1) is 6.92 Å². The summed E-state index contributed by atoms with van der Waals surface area (Å²) in [6.45, 7) is 3.92. The first-order valence-electron chi connectivity index (χ1n) is 7.09. The lowest BCUT2D eigenvalue weighted by atomic mass is 10.1. The van der Waals surface area contributed by atoms with Crippen LogP contribution in [0.2, 0.25) is 0 Å². The molecule has 0 aliphatic carbocycles. The van der Waals surface area contributed by atoms with Crippen LogP contribution in [0.1, 0.15) is 18.1 Å². The second-order valence-corrected chi connectivity index (χ2v) is 4.84. The summed E-state index contributed by atoms with van der Waals surface area (Å²) in [5.74, 6) is -0.134. The number of alkyl halides is 3. The first-order chi connectivity index (χ1) is 10.9. The van der Waals surface area contributed by atoms with Crippen molar-refractivity contribution in [3.05, 3.63) is 35.5 Å². The molecule has 2 aromatic rings. The van der Waals surface area contributed by atoms with Crippen LogP contribution in [-0.2, 0) is 6.18 Å². The molecule has 0 atom stereocenters. The summed E-state index contributed by atoms with van der Waals surface area (Å²) in [6, 6.07) is 5.54. The number of aromatic nitrogens is 2. The van der Waals surface area contributed by atoms with Crippen LogP contribution >= 0.6 is 0 Å². The standard InChI is InChI=1S/C15H18F3N5/c1-4-20-13-10(15(16,17)18)8-21-14(23-13)22-12-7-5-6-11(19-3)9(12)2/h5-8,19H,4H2,1-3H3,(H2,20,21,22,23). The van der Waals surface area contributed by atoms with Crippen LogP contribution in [-0.4, -0.2) is 23.6 Å². The summed E-state index contributed by atoms with van der Waals surface area (Å²) >= 11 is 0. The molecule has 0 amide bonds. The number of nitrogens with one attached hydrogen (secondary N) is 3. The number of hydrogen-bond donors (Lipinski definition) is 3. The average molecular weight is 325 g/mol. The lowest BCUT2D eigenvalue weighted by Crippen LogP contribution is -2.14. The molecule has 0 aliphatic heterocycles. The Labute approximate surface area is 132 Å². The van der Waals surface area contributed by atoms with Gasteiger partial charge < -0.3 is 16.0 Å². The predicted molar refractivity (Wildman–Crippen MR) is 85.2 cm³/mol. The molecule has 0 bridgehead atoms. The number of nitrogens with zero attached hydrogens (tertiary/aromatic N) is 2. The van der Waals surface area contributed by atoms with Crippen LogP contribution in [0.4, 0.5) is 36.3 Å². The maximum Gasteiger partial charge on any atom is 0.421 e. The maximum absolute atomic E-state index is 12.9. The molecule has 0 saturated heterocycles. The average Bonchev–Trinajstić information content (AvgIpc) is 2.49. The summed E-state index contributed by atoms with van der Waals surface area (Å²) in [5, 5.41) is 8.62. The third-order valence-corrected chi connectivity index (χ3v) is 3.29. The van der Waals surface area contributed by atoms with E-state index in [1.807, 2.05) is 25.1 Å². The Balaban J connectivity index is 2.36. The Hall–Kier alpha value is -2.51. The molecule has 2 rings (SSSR count). The summed E-state index contributed by atoms with van der Waals surface area (Å²) in [4.78, 5) is 7.72. The largest absolute Gasteiger partial charge is 0.421 e. The SMILES string of the molecule is CCNc1nc(Nc2cccc(NC)c2C)ncc1C(F)(F)F. The molecule has 1 aromatic carbocycles. The van der Waals surface area contributed by atoms with Crippen LogP contribution in [0.15, 0.2) is 24.4 Å². The van der Waals surface area contributed by atoms with Gasteiger partial charge in [0.2, 0.25) is 5.95 Å². The molecule has 1 heterocycles. The van der Waals surface area contributed by atoms with Crippen molar-refractivity contribution in [2.24, 2.45) is 0 Å². The smallest absolute Gasteiger partial charge is 0.388 e. The van der Waals surface area contributed by atoms with Crippen molar-refractivity contribution in [3.63, 3.8) is 0 Å². The van der Waals surface area contributed by atoms with E-state index >= 15 is 0 Å². The van der Waals surface area contributed by atoms with E-state index in [2.05, 4.69) is 25.9 Å². The van der Waals surface area contributed by atoms with Crippen molar-refractivity contribution in [2.45, 2.75) is 20.0 Å². The zero-order valence-corrected chi connectivity index (χ0v) is 13.0. The van der Waals surface area contributed by atoms with E-state index in [9.17, 15) is 13.2 Å². The third kappa shape index (κ3) is 3.82. The molecule has 23 heavy (non-hydrogen) atoms. The number of halogens is 3. The molecule has 1 aromatic heterocycles. The molecular weight excluding hydrogens is 307 g/mol. The van der Waals surface area contributed by atoms with Crippen LogP contribution in [0.3, 0.4) is 0 Å². The number of anilines is 4. The quantitative estimate of drug-likeness (QED) is 0.775. The number of benzene rings is 1. The van der Waals surface area contributed by atoms with Gasteiger partial charge >= 0.3 is 6.18 Å². The molecule has 5 nitrogen and oxygen atoms in total. The molecule has 0 fully saturated rings. The van der Waals surface area contributed by atoms with E-state index in [-0.39, 0.29) is 11.8 Å². The Morgan fingerprint density at radius 1 is 1.17 bits per heavy atom. The summed E-state index contributed by atoms with van der Waals surface area (Å²) in [5.41, 5.74) is 1.67. The van der Waals surface area contributed by atoms with Gasteiger partial charge in [-0.1, -0.05) is 6.07 Å². The maximum atomic E-state index is 12.9. The molecule has 0 spiro atoms. The molecule has 0 aliphatic rings. The van der Waals surface area contributed by atoms with Crippen molar-refractivity contribution in [2.75, 3.05) is 29.5 Å². The fraction of sp³-hybridized carbons (Fsp3) is 0.333. The molecule has 0 saturated carbocycles. The first kappa shape index (κ1) is 16.9. The Morgan fingerprint density at radius 2 is 1.87 bits per heavy atom. The summed E-state index contributed by atoms with van der Waals surface area (Å²) in [6.07, 6.45) is -3.72. The van der Waals surface area contributed by atoms with Crippen LogP contribution in [0.25, 0.3) is 0 Å². The minimum absolute atomic E-state index is 0.102. The fourth-order valence-electron chi connectivity index (χ4n) is 2.11. The molecular formula is C15H18F3N5. The monoisotopic (exact) mass is 325 g/mol. The van der Waals surface area contributed by atoms with E-state index in [0.29, 0.717) is 6.54 Å². The molecule has 0 unspecified atom stereocenters. The van der Waals surface area contributed by atoms with Gasteiger partial charge in [-0.25, -0.2) is 4.98 Å². The van der Waals surface area contributed by atoms with E-state index in [4.69, 9.17) is 0 Å². The highest BCUT2D eigenvalue weighted by atomic mass is 19.4. The Morgan fingerprint density at radius 3 is 2.48 bits per heavy atom. The summed E-state index contributed by atoms with van der Waals surface area (Å²) in [7, 11) is 1.80. The first-order valence-corrected chi connectivity index (χ1v) is 7.09. The topological polar surface area (TPSA) is 61.9 Å². The van der Waals surface area contributed by atoms with Crippen molar-refractivity contribution in [3.8, 4) is 0 Å². The van der Waals surface area contributed by atoms with E-state index in [0.717, 1.165) is 23.1 Å². The van der Waals surface area contributed by atoms with Gasteiger partial charge in [0.25, 0.3) is 0 Å². The van der Waals surface area contributed by atoms with Gasteiger partial charge in [0.1, 0.15) is 11.4 Å². The van der Waals surface area contributed by atoms with Crippen LogP contribution in [0.5, 0.6) is 0 Å². The Bertz CT molecular complexity index is 685. The molecule has 0 radical (unpaired) electrons. The van der Waals surface area contributed by atoms with E-state index in [1.54, 1.807) is 14.0 Å². The van der Waals surface area contributed by atoms with Crippen molar-refractivity contribution in [1.29, 1.82) is 0 Å². The van der Waals surface area contributed by atoms with E-state index in [1.165, 1.54) is 0 Å². The summed E-state index contributed by atoms with van der Waals surface area (Å²) < 4.78 is 38.8. The fourth-order valence-corrected chi connectivity index (χ4v) is 2.11. The predicted octanol–water partition coefficient (Wildman–Crippen LogP) is 4.02. The highest BCUT2D eigenvalue weighted by Crippen LogP contribution is 2.34. The van der Waals surface area contributed by atoms with Crippen molar-refractivity contribution < 1.29 is 13.2 Å². The van der Waals surface area contributed by atoms with Gasteiger partial charge in [-0.05, 0) is 31.5 Å². The highest BCUT2D eigenvalue weighted by Gasteiger charge is 2.35. The van der Waals surface area contributed by atoms with Gasteiger partial charge in [-0.2, -0.15) is 18.2 Å². The van der Waals surface area contributed by atoms with Crippen molar-refractivity contribution >= 4 is 23.1 Å². The minimum Gasteiger partial charge on any atom is -0.388 e. The minimum atomic E-state index is -4.50. The molecule has 3 N–H and O–H groups in total. The Kier molecular flexibility index (Phi) is 4.92. The zero-order chi connectivity index (χ0) is 17.0. The molecule has 124 valence electrons. The highest BCUT2D eigenvalue weighted by molar-refractivity contribution is 5.68. The second kappa shape index (κ2) is 6.72.